The summed E-state index contributed by atoms with van der Waals surface area (Å²) in [4.78, 5) is 0. The van der Waals surface area contributed by atoms with Gasteiger partial charge in [-0.15, -0.1) is 11.6 Å². The van der Waals surface area contributed by atoms with Crippen molar-refractivity contribution in [2.45, 2.75) is 25.6 Å². The van der Waals surface area contributed by atoms with E-state index in [-0.39, 0.29) is 11.2 Å². The highest BCUT2D eigenvalue weighted by atomic mass is 35.5. The maximum absolute atomic E-state index is 13.2. The van der Waals surface area contributed by atoms with Crippen LogP contribution in [0.4, 0.5) is 4.39 Å². The van der Waals surface area contributed by atoms with Crippen molar-refractivity contribution in [2.75, 3.05) is 0 Å². The molecular formula is C12H13Cl2F. The minimum atomic E-state index is -0.267. The molecule has 3 unspecified atom stereocenters. The SMILES string of the molecule is Cc1cc(C(Cl)C2CC2C)c(Cl)cc1F. The summed E-state index contributed by atoms with van der Waals surface area (Å²) in [6, 6.07) is 3.12. The zero-order valence-electron chi connectivity index (χ0n) is 8.73. The third-order valence-corrected chi connectivity index (χ3v) is 4.01. The van der Waals surface area contributed by atoms with Crippen molar-refractivity contribution in [3.05, 3.63) is 34.1 Å². The first-order valence-electron chi connectivity index (χ1n) is 5.10. The highest BCUT2D eigenvalue weighted by Gasteiger charge is 2.40. The molecule has 1 fully saturated rings. The summed E-state index contributed by atoms with van der Waals surface area (Å²) in [7, 11) is 0. The molecule has 82 valence electrons. The quantitative estimate of drug-likeness (QED) is 0.663. The zero-order chi connectivity index (χ0) is 11.2. The van der Waals surface area contributed by atoms with Crippen molar-refractivity contribution in [1.29, 1.82) is 0 Å². The Kier molecular flexibility index (Phi) is 2.96. The number of alkyl halides is 1. The normalized spacial score (nSPS) is 26.5. The van der Waals surface area contributed by atoms with Gasteiger partial charge in [-0.05, 0) is 42.4 Å². The van der Waals surface area contributed by atoms with Crippen LogP contribution in [0, 0.1) is 24.6 Å². The summed E-state index contributed by atoms with van der Waals surface area (Å²) in [6.45, 7) is 3.90. The number of rotatable bonds is 2. The van der Waals surface area contributed by atoms with Crippen molar-refractivity contribution in [2.24, 2.45) is 11.8 Å². The number of hydrogen-bond donors (Lipinski definition) is 0. The summed E-state index contributed by atoms with van der Waals surface area (Å²) in [5, 5.41) is 0.365. The largest absolute Gasteiger partial charge is 0.207 e. The van der Waals surface area contributed by atoms with E-state index in [0.717, 1.165) is 12.0 Å². The lowest BCUT2D eigenvalue weighted by molar-refractivity contribution is 0.616. The Labute approximate surface area is 99.4 Å². The lowest BCUT2D eigenvalue weighted by Gasteiger charge is -2.12. The molecule has 0 aromatic heterocycles. The average Bonchev–Trinajstić information content (AvgIpc) is 2.88. The van der Waals surface area contributed by atoms with Gasteiger partial charge in [0.2, 0.25) is 0 Å². The minimum absolute atomic E-state index is 0.0770. The number of aryl methyl sites for hydroxylation is 1. The first kappa shape index (κ1) is 11.2. The highest BCUT2D eigenvalue weighted by Crippen LogP contribution is 2.51. The summed E-state index contributed by atoms with van der Waals surface area (Å²) < 4.78 is 13.2. The predicted molar refractivity (Wildman–Crippen MR) is 62.0 cm³/mol. The summed E-state index contributed by atoms with van der Waals surface area (Å²) in [6.07, 6.45) is 1.14. The van der Waals surface area contributed by atoms with E-state index in [1.54, 1.807) is 13.0 Å². The van der Waals surface area contributed by atoms with E-state index in [1.807, 2.05) is 0 Å². The molecule has 0 aliphatic heterocycles. The first-order chi connectivity index (χ1) is 7.00. The lowest BCUT2D eigenvalue weighted by Crippen LogP contribution is -1.97. The van der Waals surface area contributed by atoms with Crippen LogP contribution in [0.2, 0.25) is 5.02 Å². The molecule has 2 rings (SSSR count). The lowest BCUT2D eigenvalue weighted by atomic mass is 10.0. The zero-order valence-corrected chi connectivity index (χ0v) is 10.2. The molecule has 0 radical (unpaired) electrons. The molecule has 1 aliphatic carbocycles. The topological polar surface area (TPSA) is 0 Å². The van der Waals surface area contributed by atoms with E-state index < -0.39 is 0 Å². The van der Waals surface area contributed by atoms with Crippen LogP contribution < -0.4 is 0 Å². The summed E-state index contributed by atoms with van der Waals surface area (Å²) >= 11 is 12.3. The fourth-order valence-corrected chi connectivity index (χ4v) is 2.74. The van der Waals surface area contributed by atoms with E-state index in [9.17, 15) is 4.39 Å². The van der Waals surface area contributed by atoms with Crippen molar-refractivity contribution >= 4 is 23.2 Å². The summed E-state index contributed by atoms with van der Waals surface area (Å²) in [5.74, 6) is 0.888. The van der Waals surface area contributed by atoms with Crippen molar-refractivity contribution in [3.63, 3.8) is 0 Å². The smallest absolute Gasteiger partial charge is 0.127 e. The maximum Gasteiger partial charge on any atom is 0.127 e. The van der Waals surface area contributed by atoms with Gasteiger partial charge in [0.15, 0.2) is 0 Å². The van der Waals surface area contributed by atoms with Crippen molar-refractivity contribution < 1.29 is 4.39 Å². The second kappa shape index (κ2) is 3.95. The van der Waals surface area contributed by atoms with Gasteiger partial charge in [-0.25, -0.2) is 4.39 Å². The van der Waals surface area contributed by atoms with Gasteiger partial charge >= 0.3 is 0 Å². The standard InChI is InChI=1S/C12H13Cl2F/c1-6-3-8(6)12(14)9-4-7(2)11(15)5-10(9)13/h4-6,8,12H,3H2,1-2H3. The van der Waals surface area contributed by atoms with Gasteiger partial charge < -0.3 is 0 Å². The van der Waals surface area contributed by atoms with Crippen LogP contribution in [0.25, 0.3) is 0 Å². The predicted octanol–water partition coefficient (Wildman–Crippen LogP) is 4.72. The molecule has 0 bridgehead atoms. The third kappa shape index (κ3) is 2.14. The van der Waals surface area contributed by atoms with Gasteiger partial charge in [0.1, 0.15) is 5.82 Å². The molecule has 1 aromatic carbocycles. The molecule has 3 atom stereocenters. The van der Waals surface area contributed by atoms with Crippen LogP contribution in [-0.4, -0.2) is 0 Å². The second-order valence-corrected chi connectivity index (χ2v) is 5.28. The van der Waals surface area contributed by atoms with E-state index in [1.165, 1.54) is 6.07 Å². The molecule has 1 saturated carbocycles. The average molecular weight is 247 g/mol. The summed E-state index contributed by atoms with van der Waals surface area (Å²) in [5.41, 5.74) is 1.47. The molecule has 3 heteroatoms. The van der Waals surface area contributed by atoms with Gasteiger partial charge in [0, 0.05) is 5.02 Å². The number of halogens is 3. The van der Waals surface area contributed by atoms with Crippen molar-refractivity contribution in [1.82, 2.24) is 0 Å². The fourth-order valence-electron chi connectivity index (χ4n) is 1.88. The Hall–Kier alpha value is -0.270. The highest BCUT2D eigenvalue weighted by molar-refractivity contribution is 6.32. The Balaban J connectivity index is 2.31. The minimum Gasteiger partial charge on any atom is -0.207 e. The molecule has 0 heterocycles. The van der Waals surface area contributed by atoms with Gasteiger partial charge in [-0.3, -0.25) is 0 Å². The molecule has 0 amide bonds. The third-order valence-electron chi connectivity index (χ3n) is 3.12. The Bertz CT molecular complexity index is 389. The maximum atomic E-state index is 13.2. The molecule has 0 nitrogen and oxygen atoms in total. The van der Waals surface area contributed by atoms with Crippen LogP contribution in [0.3, 0.4) is 0 Å². The Morgan fingerprint density at radius 2 is 2.07 bits per heavy atom. The molecular weight excluding hydrogens is 234 g/mol. The van der Waals surface area contributed by atoms with Crippen LogP contribution in [0.5, 0.6) is 0 Å². The number of hydrogen-bond acceptors (Lipinski definition) is 0. The molecule has 0 saturated heterocycles. The Morgan fingerprint density at radius 1 is 1.47 bits per heavy atom. The number of benzene rings is 1. The second-order valence-electron chi connectivity index (χ2n) is 4.40. The van der Waals surface area contributed by atoms with E-state index >= 15 is 0 Å². The van der Waals surface area contributed by atoms with Crippen LogP contribution in [0.15, 0.2) is 12.1 Å². The van der Waals surface area contributed by atoms with Gasteiger partial charge in [-0.2, -0.15) is 0 Å². The molecule has 15 heavy (non-hydrogen) atoms. The first-order valence-corrected chi connectivity index (χ1v) is 5.91. The monoisotopic (exact) mass is 246 g/mol. The van der Waals surface area contributed by atoms with Gasteiger partial charge in [0.25, 0.3) is 0 Å². The van der Waals surface area contributed by atoms with Gasteiger partial charge in [-0.1, -0.05) is 24.6 Å². The molecule has 0 spiro atoms. The van der Waals surface area contributed by atoms with Crippen molar-refractivity contribution in [3.8, 4) is 0 Å². The van der Waals surface area contributed by atoms with E-state index in [4.69, 9.17) is 23.2 Å². The van der Waals surface area contributed by atoms with E-state index in [0.29, 0.717) is 22.4 Å². The Morgan fingerprint density at radius 3 is 2.60 bits per heavy atom. The molecule has 0 N–H and O–H groups in total. The van der Waals surface area contributed by atoms with Gasteiger partial charge in [0.05, 0.1) is 5.38 Å². The molecule has 1 aromatic rings. The van der Waals surface area contributed by atoms with Crippen LogP contribution in [-0.2, 0) is 0 Å². The van der Waals surface area contributed by atoms with E-state index in [2.05, 4.69) is 6.92 Å². The molecule has 1 aliphatic rings. The fraction of sp³-hybridized carbons (Fsp3) is 0.500. The van der Waals surface area contributed by atoms with Crippen LogP contribution in [0.1, 0.15) is 29.8 Å². The van der Waals surface area contributed by atoms with Crippen LogP contribution >= 0.6 is 23.2 Å².